The van der Waals surface area contributed by atoms with E-state index in [4.69, 9.17) is 20.2 Å². The molecule has 3 atom stereocenters. The summed E-state index contributed by atoms with van der Waals surface area (Å²) in [6.45, 7) is 9.94. The number of nitrogens with zero attached hydrogens (tertiary/aromatic N) is 6. The number of rotatable bonds is 5. The first-order chi connectivity index (χ1) is 19.7. The normalized spacial score (nSPS) is 20.5. The number of nitrogens with two attached hydrogens (primary N) is 1. The number of benzene rings is 1. The third-order valence-electron chi connectivity index (χ3n) is 7.79. The van der Waals surface area contributed by atoms with E-state index in [-0.39, 0.29) is 23.6 Å². The van der Waals surface area contributed by atoms with Crippen LogP contribution < -0.4 is 20.3 Å². The van der Waals surface area contributed by atoms with Crippen molar-refractivity contribution in [3.8, 4) is 11.8 Å². The molecule has 0 spiro atoms. The summed E-state index contributed by atoms with van der Waals surface area (Å²) in [5.74, 6) is 1.38. The lowest BCUT2D eigenvalue weighted by atomic mass is 9.72. The molecular formula is C29H35FN8O4. The minimum atomic E-state index is -1.21. The van der Waals surface area contributed by atoms with E-state index in [0.717, 1.165) is 13.0 Å². The molecule has 13 heteroatoms. The number of aromatic nitrogens is 5. The summed E-state index contributed by atoms with van der Waals surface area (Å²) in [5.41, 5.74) is 5.56. The van der Waals surface area contributed by atoms with Crippen LogP contribution in [-0.2, 0) is 10.3 Å². The van der Waals surface area contributed by atoms with Crippen LogP contribution in [0.4, 0.5) is 20.7 Å². The Labute approximate surface area is 242 Å². The number of carbonyl (C=O) groups is 1. The maximum Gasteiger partial charge on any atom is 0.414 e. The third-order valence-corrected chi connectivity index (χ3v) is 7.79. The Morgan fingerprint density at radius 3 is 2.50 bits per heavy atom. The molecule has 1 aliphatic carbocycles. The van der Waals surface area contributed by atoms with E-state index in [2.05, 4.69) is 24.8 Å². The van der Waals surface area contributed by atoms with Crippen molar-refractivity contribution in [3.05, 3.63) is 36.2 Å². The monoisotopic (exact) mass is 578 g/mol. The third kappa shape index (κ3) is 5.07. The van der Waals surface area contributed by atoms with Crippen LogP contribution >= 0.6 is 0 Å². The Bertz CT molecular complexity index is 1680. The number of ether oxygens (including phenoxy) is 2. The molecule has 1 saturated carbocycles. The van der Waals surface area contributed by atoms with Crippen LogP contribution in [0.15, 0.2) is 24.5 Å². The minimum Gasteiger partial charge on any atom is -0.443 e. The number of halogens is 1. The van der Waals surface area contributed by atoms with Gasteiger partial charge in [0, 0.05) is 31.6 Å². The average Bonchev–Trinajstić information content (AvgIpc) is 3.43. The number of H-pyrrole nitrogens is 1. The highest BCUT2D eigenvalue weighted by molar-refractivity contribution is 6.16. The Hall–Kier alpha value is -4.10. The van der Waals surface area contributed by atoms with Gasteiger partial charge in [-0.1, -0.05) is 0 Å². The maximum atomic E-state index is 15.1. The van der Waals surface area contributed by atoms with Crippen LogP contribution in [0.2, 0.25) is 0 Å². The van der Waals surface area contributed by atoms with Gasteiger partial charge >= 0.3 is 12.1 Å². The Morgan fingerprint density at radius 1 is 1.17 bits per heavy atom. The van der Waals surface area contributed by atoms with Crippen LogP contribution in [-0.4, -0.2) is 67.9 Å². The van der Waals surface area contributed by atoms with Gasteiger partial charge in [-0.05, 0) is 65.0 Å². The maximum absolute atomic E-state index is 15.1. The number of carbonyl (C=O) groups excluding carboxylic acids is 1. The zero-order chi connectivity index (χ0) is 30.1. The molecule has 1 saturated heterocycles. The van der Waals surface area contributed by atoms with Crippen LogP contribution in [0, 0.1) is 17.7 Å². The number of hydrogen-bond donors (Lipinski definition) is 3. The molecule has 4 N–H and O–H groups in total. The van der Waals surface area contributed by atoms with E-state index in [1.807, 2.05) is 0 Å². The fraction of sp³-hybridized carbons (Fsp3) is 0.483. The van der Waals surface area contributed by atoms with Gasteiger partial charge in [0.15, 0.2) is 11.6 Å². The predicted octanol–water partition coefficient (Wildman–Crippen LogP) is 4.21. The molecule has 1 aliphatic heterocycles. The van der Waals surface area contributed by atoms with Crippen LogP contribution in [0.25, 0.3) is 21.9 Å². The molecule has 1 aromatic carbocycles. The second kappa shape index (κ2) is 9.73. The van der Waals surface area contributed by atoms with Crippen molar-refractivity contribution >= 4 is 39.5 Å². The standard InChI is InChI=1S/C29H35FN8O4/c1-28(2,3)42-27(39)37(6)20-9-15(30)8-17-21-23(34-22(17)20)35-26(41-16-10-32-25(33-11-16)29(4,5)40)36-24(21)38-12-14-7-19(31)18(14)13-38/h8-11,14,18-19,40H,7,12-13,31H2,1-6H3,(H,34,35,36)/t14-,18+,19-/m1/s1. The quantitative estimate of drug-likeness (QED) is 0.313. The molecule has 3 aromatic heterocycles. The smallest absolute Gasteiger partial charge is 0.414 e. The van der Waals surface area contributed by atoms with Crippen LogP contribution in [0.1, 0.15) is 46.9 Å². The zero-order valence-electron chi connectivity index (χ0n) is 24.5. The lowest BCUT2D eigenvalue weighted by molar-refractivity contribution is 0.0589. The number of aliphatic hydroxyl groups is 1. The molecule has 1 amide bonds. The molecule has 2 fully saturated rings. The molecule has 42 heavy (non-hydrogen) atoms. The summed E-state index contributed by atoms with van der Waals surface area (Å²) in [4.78, 5) is 37.4. The number of aromatic amines is 1. The van der Waals surface area contributed by atoms with E-state index < -0.39 is 23.1 Å². The number of anilines is 2. The van der Waals surface area contributed by atoms with Gasteiger partial charge in [-0.2, -0.15) is 9.97 Å². The molecule has 0 bridgehead atoms. The number of nitrogens with one attached hydrogen (secondary N) is 1. The highest BCUT2D eigenvalue weighted by Crippen LogP contribution is 2.44. The largest absolute Gasteiger partial charge is 0.443 e. The number of hydrogen-bond acceptors (Lipinski definition) is 10. The van der Waals surface area contributed by atoms with Gasteiger partial charge in [-0.3, -0.25) is 4.90 Å². The molecule has 4 heterocycles. The molecule has 0 radical (unpaired) electrons. The molecule has 0 unspecified atom stereocenters. The second-order valence-corrected chi connectivity index (χ2v) is 12.7. The van der Waals surface area contributed by atoms with Crippen LogP contribution in [0.3, 0.4) is 0 Å². The summed E-state index contributed by atoms with van der Waals surface area (Å²) in [5, 5.41) is 11.3. The Balaban J connectivity index is 1.47. The van der Waals surface area contributed by atoms with Gasteiger partial charge in [0.05, 0.1) is 29.0 Å². The summed E-state index contributed by atoms with van der Waals surface area (Å²) < 4.78 is 26.6. The van der Waals surface area contributed by atoms with Gasteiger partial charge in [0.1, 0.15) is 28.5 Å². The molecular weight excluding hydrogens is 543 g/mol. The van der Waals surface area contributed by atoms with Crippen molar-refractivity contribution in [1.82, 2.24) is 24.9 Å². The SMILES string of the molecule is CN(C(=O)OC(C)(C)C)c1cc(F)cc2c1[nH]c1nc(Oc3cnc(C(C)(C)O)nc3)nc(N3C[C@H]4C[C@@H](N)[C@H]4C3)c12. The Kier molecular flexibility index (Phi) is 6.50. The van der Waals surface area contributed by atoms with Crippen molar-refractivity contribution in [2.45, 2.75) is 58.3 Å². The first kappa shape index (κ1) is 28.0. The van der Waals surface area contributed by atoms with E-state index >= 15 is 4.39 Å². The predicted molar refractivity (Wildman–Crippen MR) is 155 cm³/mol. The first-order valence-electron chi connectivity index (χ1n) is 13.9. The van der Waals surface area contributed by atoms with Crippen molar-refractivity contribution in [2.75, 3.05) is 29.9 Å². The second-order valence-electron chi connectivity index (χ2n) is 12.7. The summed E-state index contributed by atoms with van der Waals surface area (Å²) in [7, 11) is 1.53. The number of fused-ring (bicyclic) bond motifs is 4. The fourth-order valence-corrected chi connectivity index (χ4v) is 5.70. The van der Waals surface area contributed by atoms with Crippen molar-refractivity contribution in [3.63, 3.8) is 0 Å². The zero-order valence-corrected chi connectivity index (χ0v) is 24.5. The van der Waals surface area contributed by atoms with E-state index in [0.29, 0.717) is 51.8 Å². The lowest BCUT2D eigenvalue weighted by Gasteiger charge is -2.36. The van der Waals surface area contributed by atoms with Gasteiger partial charge < -0.3 is 30.2 Å². The summed E-state index contributed by atoms with van der Waals surface area (Å²) in [6, 6.07) is 2.86. The van der Waals surface area contributed by atoms with Crippen molar-refractivity contribution in [2.24, 2.45) is 17.6 Å². The molecule has 4 aromatic rings. The van der Waals surface area contributed by atoms with Gasteiger partial charge in [0.25, 0.3) is 0 Å². The Morgan fingerprint density at radius 2 is 1.88 bits per heavy atom. The van der Waals surface area contributed by atoms with Crippen molar-refractivity contribution in [1.29, 1.82) is 0 Å². The molecule has 12 nitrogen and oxygen atoms in total. The van der Waals surface area contributed by atoms with E-state index in [1.54, 1.807) is 34.6 Å². The average molecular weight is 579 g/mol. The van der Waals surface area contributed by atoms with E-state index in [1.165, 1.54) is 36.5 Å². The fourth-order valence-electron chi connectivity index (χ4n) is 5.70. The molecule has 222 valence electrons. The molecule has 2 aliphatic rings. The lowest BCUT2D eigenvalue weighted by Crippen LogP contribution is -2.46. The van der Waals surface area contributed by atoms with Gasteiger partial charge in [-0.25, -0.2) is 19.2 Å². The highest BCUT2D eigenvalue weighted by atomic mass is 19.1. The highest BCUT2D eigenvalue weighted by Gasteiger charge is 2.46. The minimum absolute atomic E-state index is 0.0368. The van der Waals surface area contributed by atoms with E-state index in [9.17, 15) is 9.90 Å². The molecule has 6 rings (SSSR count). The summed E-state index contributed by atoms with van der Waals surface area (Å²) in [6.07, 6.45) is 3.20. The topological polar surface area (TPSA) is 156 Å². The first-order valence-corrected chi connectivity index (χ1v) is 13.9. The summed E-state index contributed by atoms with van der Waals surface area (Å²) >= 11 is 0. The van der Waals surface area contributed by atoms with Gasteiger partial charge in [-0.15, -0.1) is 0 Å². The van der Waals surface area contributed by atoms with Crippen molar-refractivity contribution < 1.29 is 23.8 Å². The van der Waals surface area contributed by atoms with Gasteiger partial charge in [0.2, 0.25) is 0 Å². The number of amides is 1. The van der Waals surface area contributed by atoms with Crippen LogP contribution in [0.5, 0.6) is 11.8 Å².